The largest absolute Gasteiger partial charge is 0.311 e. The molecule has 0 aromatic carbocycles. The molecule has 15 heavy (non-hydrogen) atoms. The van der Waals surface area contributed by atoms with E-state index in [9.17, 15) is 0 Å². The molecule has 0 saturated carbocycles. The Bertz CT molecular complexity index is 360. The molecule has 0 radical (unpaired) electrons. The molecule has 2 bridgehead atoms. The van der Waals surface area contributed by atoms with Crippen LogP contribution in [0, 0.1) is 5.92 Å². The van der Waals surface area contributed by atoms with Gasteiger partial charge >= 0.3 is 0 Å². The van der Waals surface area contributed by atoms with Crippen molar-refractivity contribution in [1.82, 2.24) is 15.5 Å². The minimum atomic E-state index is 0.719. The molecule has 0 spiro atoms. The topological polar surface area (TPSA) is 37.8 Å². The molecule has 78 valence electrons. The fourth-order valence-corrected chi connectivity index (χ4v) is 2.71. The first-order valence-corrected chi connectivity index (χ1v) is 5.63. The van der Waals surface area contributed by atoms with Crippen LogP contribution in [0.3, 0.4) is 0 Å². The fourth-order valence-electron chi connectivity index (χ4n) is 2.71. The van der Waals surface area contributed by atoms with Gasteiger partial charge in [0.05, 0.1) is 12.4 Å². The van der Waals surface area contributed by atoms with Crippen molar-refractivity contribution in [3.8, 4) is 0 Å². The monoisotopic (exact) mass is 201 g/mol. The smallest absolute Gasteiger partial charge is 0.0568 e. The number of hydrogen-bond donors (Lipinski definition) is 1. The summed E-state index contributed by atoms with van der Waals surface area (Å²) in [7, 11) is 0. The highest BCUT2D eigenvalue weighted by Gasteiger charge is 2.37. The zero-order valence-electron chi connectivity index (χ0n) is 8.63. The fraction of sp³-hybridized carbons (Fsp3) is 0.500. The molecule has 3 rings (SSSR count). The molecule has 1 aromatic rings. The van der Waals surface area contributed by atoms with Gasteiger partial charge in [-0.15, -0.1) is 0 Å². The molecular formula is C12H15N3. The standard InChI is InChI=1S/C12H15N3/c1(9-5-6-13-14-8-9)2-10-7-11-3-4-12(10)15-11/h1-2,5-6,8,10-12,15H,3-4,7H2. The lowest BCUT2D eigenvalue weighted by molar-refractivity contribution is 0.481. The Kier molecular flexibility index (Phi) is 2.25. The van der Waals surface area contributed by atoms with E-state index in [2.05, 4.69) is 27.7 Å². The van der Waals surface area contributed by atoms with E-state index >= 15 is 0 Å². The molecule has 0 aliphatic carbocycles. The lowest BCUT2D eigenvalue weighted by atomic mass is 9.89. The number of fused-ring (bicyclic) bond motifs is 2. The summed E-state index contributed by atoms with van der Waals surface area (Å²) in [6.45, 7) is 0. The number of rotatable bonds is 2. The van der Waals surface area contributed by atoms with E-state index in [1.165, 1.54) is 19.3 Å². The summed E-state index contributed by atoms with van der Waals surface area (Å²) < 4.78 is 0. The van der Waals surface area contributed by atoms with Gasteiger partial charge < -0.3 is 5.32 Å². The van der Waals surface area contributed by atoms with Crippen LogP contribution >= 0.6 is 0 Å². The first-order valence-electron chi connectivity index (χ1n) is 5.63. The Morgan fingerprint density at radius 3 is 3.00 bits per heavy atom. The highest BCUT2D eigenvalue weighted by molar-refractivity contribution is 5.47. The van der Waals surface area contributed by atoms with E-state index in [-0.39, 0.29) is 0 Å². The van der Waals surface area contributed by atoms with Crippen LogP contribution < -0.4 is 5.32 Å². The van der Waals surface area contributed by atoms with Gasteiger partial charge in [0.1, 0.15) is 0 Å². The number of hydrogen-bond acceptors (Lipinski definition) is 3. The van der Waals surface area contributed by atoms with Crippen molar-refractivity contribution in [2.75, 3.05) is 0 Å². The van der Waals surface area contributed by atoms with Crippen LogP contribution in [0.1, 0.15) is 24.8 Å². The average molecular weight is 201 g/mol. The van der Waals surface area contributed by atoms with Crippen molar-refractivity contribution >= 4 is 6.08 Å². The predicted molar refractivity (Wildman–Crippen MR) is 59.1 cm³/mol. The first-order chi connectivity index (χ1) is 7.42. The number of nitrogens with zero attached hydrogens (tertiary/aromatic N) is 2. The molecule has 2 saturated heterocycles. The van der Waals surface area contributed by atoms with Crippen molar-refractivity contribution in [1.29, 1.82) is 0 Å². The van der Waals surface area contributed by atoms with Crippen LogP contribution in [0.25, 0.3) is 6.08 Å². The van der Waals surface area contributed by atoms with Crippen LogP contribution in [0.4, 0.5) is 0 Å². The van der Waals surface area contributed by atoms with Gasteiger partial charge in [-0.1, -0.05) is 12.2 Å². The van der Waals surface area contributed by atoms with Crippen LogP contribution in [-0.4, -0.2) is 22.3 Å². The van der Waals surface area contributed by atoms with Crippen molar-refractivity contribution in [2.45, 2.75) is 31.3 Å². The van der Waals surface area contributed by atoms with Gasteiger partial charge in [-0.2, -0.15) is 10.2 Å². The van der Waals surface area contributed by atoms with E-state index in [1.54, 1.807) is 12.4 Å². The molecule has 1 N–H and O–H groups in total. The van der Waals surface area contributed by atoms with Crippen LogP contribution in [-0.2, 0) is 0 Å². The minimum Gasteiger partial charge on any atom is -0.311 e. The summed E-state index contributed by atoms with van der Waals surface area (Å²) in [6.07, 6.45) is 12.0. The van der Waals surface area contributed by atoms with Gasteiger partial charge in [0.2, 0.25) is 0 Å². The normalized spacial score (nSPS) is 34.0. The van der Waals surface area contributed by atoms with Gasteiger partial charge in [-0.3, -0.25) is 0 Å². The zero-order chi connectivity index (χ0) is 10.1. The van der Waals surface area contributed by atoms with E-state index in [0.717, 1.165) is 23.6 Å². The lowest BCUT2D eigenvalue weighted by Gasteiger charge is -2.15. The Labute approximate surface area is 89.6 Å². The van der Waals surface area contributed by atoms with Crippen molar-refractivity contribution < 1.29 is 0 Å². The molecule has 3 unspecified atom stereocenters. The molecular weight excluding hydrogens is 186 g/mol. The van der Waals surface area contributed by atoms with Gasteiger partial charge in [0.25, 0.3) is 0 Å². The minimum absolute atomic E-state index is 0.719. The van der Waals surface area contributed by atoms with Crippen molar-refractivity contribution in [2.24, 2.45) is 5.92 Å². The summed E-state index contributed by atoms with van der Waals surface area (Å²) in [4.78, 5) is 0. The third kappa shape index (κ3) is 1.79. The molecule has 3 heteroatoms. The molecule has 2 aliphatic rings. The summed E-state index contributed by atoms with van der Waals surface area (Å²) >= 11 is 0. The van der Waals surface area contributed by atoms with Crippen LogP contribution in [0.15, 0.2) is 24.5 Å². The Hall–Kier alpha value is -1.22. The van der Waals surface area contributed by atoms with Crippen molar-refractivity contribution in [3.63, 3.8) is 0 Å². The number of aromatic nitrogens is 2. The maximum atomic E-state index is 3.86. The molecule has 0 amide bonds. The van der Waals surface area contributed by atoms with Gasteiger partial charge in [0, 0.05) is 12.1 Å². The van der Waals surface area contributed by atoms with Crippen LogP contribution in [0.2, 0.25) is 0 Å². The maximum absolute atomic E-state index is 3.86. The van der Waals surface area contributed by atoms with E-state index in [4.69, 9.17) is 0 Å². The molecule has 3 heterocycles. The highest BCUT2D eigenvalue weighted by Crippen LogP contribution is 2.34. The summed E-state index contributed by atoms with van der Waals surface area (Å²) in [5.74, 6) is 0.719. The van der Waals surface area contributed by atoms with E-state index in [1.807, 2.05) is 6.07 Å². The Balaban J connectivity index is 1.68. The van der Waals surface area contributed by atoms with E-state index < -0.39 is 0 Å². The highest BCUT2D eigenvalue weighted by atomic mass is 15.1. The quantitative estimate of drug-likeness (QED) is 0.790. The SMILES string of the molecule is C(=CC1CC2CCC1N2)c1ccnnc1. The van der Waals surface area contributed by atoms with Gasteiger partial charge in [-0.25, -0.2) is 0 Å². The number of nitrogens with one attached hydrogen (secondary N) is 1. The summed E-state index contributed by atoms with van der Waals surface area (Å²) in [5, 5.41) is 11.3. The van der Waals surface area contributed by atoms with Gasteiger partial charge in [-0.05, 0) is 36.8 Å². The summed E-state index contributed by atoms with van der Waals surface area (Å²) in [6, 6.07) is 3.49. The molecule has 2 aliphatic heterocycles. The third-order valence-electron chi connectivity index (χ3n) is 3.49. The average Bonchev–Trinajstić information content (AvgIpc) is 2.89. The van der Waals surface area contributed by atoms with Gasteiger partial charge in [0.15, 0.2) is 0 Å². The molecule has 3 atom stereocenters. The molecule has 3 nitrogen and oxygen atoms in total. The predicted octanol–water partition coefficient (Wildman–Crippen LogP) is 1.63. The zero-order valence-corrected chi connectivity index (χ0v) is 8.63. The Morgan fingerprint density at radius 1 is 1.33 bits per heavy atom. The third-order valence-corrected chi connectivity index (χ3v) is 3.49. The molecule has 1 aromatic heterocycles. The van der Waals surface area contributed by atoms with Crippen LogP contribution in [0.5, 0.6) is 0 Å². The maximum Gasteiger partial charge on any atom is 0.0568 e. The summed E-state index contributed by atoms with van der Waals surface area (Å²) in [5.41, 5.74) is 1.15. The second kappa shape index (κ2) is 3.74. The second-order valence-corrected chi connectivity index (χ2v) is 4.48. The lowest BCUT2D eigenvalue weighted by Crippen LogP contribution is -2.21. The van der Waals surface area contributed by atoms with E-state index in [0.29, 0.717) is 0 Å². The first kappa shape index (κ1) is 9.04. The second-order valence-electron chi connectivity index (χ2n) is 4.48. The van der Waals surface area contributed by atoms with Crippen molar-refractivity contribution in [3.05, 3.63) is 30.1 Å². The molecule has 2 fully saturated rings. The Morgan fingerprint density at radius 2 is 2.33 bits per heavy atom.